The molecule has 0 unspecified atom stereocenters. The van der Waals surface area contributed by atoms with Crippen LogP contribution in [0.2, 0.25) is 0 Å². The highest BCUT2D eigenvalue weighted by Crippen LogP contribution is 2.14. The van der Waals surface area contributed by atoms with Crippen molar-refractivity contribution in [3.8, 4) is 0 Å². The van der Waals surface area contributed by atoms with Crippen LogP contribution in [0.3, 0.4) is 0 Å². The molecule has 1 saturated heterocycles. The van der Waals surface area contributed by atoms with Gasteiger partial charge in [-0.05, 0) is 26.4 Å². The summed E-state index contributed by atoms with van der Waals surface area (Å²) in [4.78, 5) is 7.89. The maximum atomic E-state index is 4.10. The van der Waals surface area contributed by atoms with Gasteiger partial charge in [-0.25, -0.2) is 0 Å². The van der Waals surface area contributed by atoms with E-state index in [9.17, 15) is 0 Å². The smallest absolute Gasteiger partial charge is 0.0794 e. The molecule has 0 radical (unpaired) electrons. The third kappa shape index (κ3) is 2.53. The first-order valence-electron chi connectivity index (χ1n) is 5.14. The summed E-state index contributed by atoms with van der Waals surface area (Å²) in [5.74, 6) is 0. The monoisotopic (exact) mass is 211 g/mol. The number of likely N-dealkylation sites (N-methyl/N-ethyl adjacent to an activating group) is 1. The van der Waals surface area contributed by atoms with E-state index in [0.717, 1.165) is 13.1 Å². The van der Waals surface area contributed by atoms with Crippen molar-refractivity contribution < 1.29 is 0 Å². The second kappa shape index (κ2) is 4.87. The Morgan fingerprint density at radius 3 is 3.29 bits per heavy atom. The lowest BCUT2D eigenvalue weighted by atomic mass is 10.1. The molecule has 0 spiro atoms. The molecule has 0 aliphatic carbocycles. The normalized spacial score (nSPS) is 22.9. The Kier molecular flexibility index (Phi) is 3.50. The van der Waals surface area contributed by atoms with Gasteiger partial charge in [0.15, 0.2) is 0 Å². The van der Waals surface area contributed by atoms with Crippen LogP contribution < -0.4 is 5.32 Å². The average Bonchev–Trinajstić information content (AvgIpc) is 2.72. The number of aromatic nitrogens is 1. The van der Waals surface area contributed by atoms with Gasteiger partial charge < -0.3 is 5.32 Å². The Labute approximate surface area is 89.1 Å². The molecule has 4 heteroatoms. The van der Waals surface area contributed by atoms with Crippen LogP contribution in [0.25, 0.3) is 0 Å². The number of hydrogen-bond donors (Lipinski definition) is 1. The van der Waals surface area contributed by atoms with Crippen LogP contribution in [0.4, 0.5) is 0 Å². The number of hydrogen-bond acceptors (Lipinski definition) is 4. The van der Waals surface area contributed by atoms with Crippen molar-refractivity contribution in [2.24, 2.45) is 0 Å². The standard InChI is InChI=1S/C10H17N3S/c1-13(7-10-6-12-8-14-10)9-3-2-4-11-5-9/h6,8-9,11H,2-5,7H2,1H3/t9-/m1/s1. The number of nitrogens with one attached hydrogen (secondary N) is 1. The van der Waals surface area contributed by atoms with Crippen LogP contribution >= 0.6 is 11.3 Å². The summed E-state index contributed by atoms with van der Waals surface area (Å²) in [6.45, 7) is 3.36. The largest absolute Gasteiger partial charge is 0.315 e. The molecule has 1 atom stereocenters. The molecule has 14 heavy (non-hydrogen) atoms. The summed E-state index contributed by atoms with van der Waals surface area (Å²) >= 11 is 1.74. The summed E-state index contributed by atoms with van der Waals surface area (Å²) in [5, 5.41) is 3.44. The van der Waals surface area contributed by atoms with E-state index < -0.39 is 0 Å². The molecule has 0 amide bonds. The molecule has 2 heterocycles. The van der Waals surface area contributed by atoms with Crippen LogP contribution in [0, 0.1) is 0 Å². The van der Waals surface area contributed by atoms with Gasteiger partial charge in [-0.1, -0.05) is 0 Å². The van der Waals surface area contributed by atoms with Crippen molar-refractivity contribution >= 4 is 11.3 Å². The highest BCUT2D eigenvalue weighted by atomic mass is 32.1. The van der Waals surface area contributed by atoms with Crippen LogP contribution in [0.5, 0.6) is 0 Å². The number of nitrogens with zero attached hydrogens (tertiary/aromatic N) is 2. The highest BCUT2D eigenvalue weighted by molar-refractivity contribution is 7.09. The van der Waals surface area contributed by atoms with Crippen molar-refractivity contribution in [2.45, 2.75) is 25.4 Å². The van der Waals surface area contributed by atoms with E-state index in [1.165, 1.54) is 24.3 Å². The van der Waals surface area contributed by atoms with Crippen molar-refractivity contribution in [1.82, 2.24) is 15.2 Å². The van der Waals surface area contributed by atoms with E-state index in [1.54, 1.807) is 11.3 Å². The fraction of sp³-hybridized carbons (Fsp3) is 0.700. The SMILES string of the molecule is CN(Cc1cncs1)[C@@H]1CCCNC1. The van der Waals surface area contributed by atoms with Gasteiger partial charge in [0, 0.05) is 30.2 Å². The zero-order valence-corrected chi connectivity index (χ0v) is 9.39. The quantitative estimate of drug-likeness (QED) is 0.817. The van der Waals surface area contributed by atoms with Crippen LogP contribution in [-0.2, 0) is 6.54 Å². The summed E-state index contributed by atoms with van der Waals surface area (Å²) in [5.41, 5.74) is 1.91. The van der Waals surface area contributed by atoms with Crippen LogP contribution in [0.1, 0.15) is 17.7 Å². The van der Waals surface area contributed by atoms with Gasteiger partial charge in [0.05, 0.1) is 5.51 Å². The molecule has 2 rings (SSSR count). The van der Waals surface area contributed by atoms with Crippen molar-refractivity contribution in [3.05, 3.63) is 16.6 Å². The predicted octanol–water partition coefficient (Wildman–Crippen LogP) is 1.33. The molecule has 1 aliphatic heterocycles. The maximum Gasteiger partial charge on any atom is 0.0794 e. The summed E-state index contributed by atoms with van der Waals surface area (Å²) in [6.07, 6.45) is 4.59. The summed E-state index contributed by atoms with van der Waals surface area (Å²) < 4.78 is 0. The Morgan fingerprint density at radius 1 is 1.71 bits per heavy atom. The van der Waals surface area contributed by atoms with Gasteiger partial charge in [-0.2, -0.15) is 0 Å². The second-order valence-electron chi connectivity index (χ2n) is 3.88. The maximum absolute atomic E-state index is 4.10. The number of piperidine rings is 1. The first-order chi connectivity index (χ1) is 6.86. The molecule has 3 nitrogen and oxygen atoms in total. The third-order valence-corrected chi connectivity index (χ3v) is 3.55. The summed E-state index contributed by atoms with van der Waals surface area (Å²) in [7, 11) is 2.21. The van der Waals surface area contributed by atoms with Crippen LogP contribution in [0.15, 0.2) is 11.7 Å². The molecular weight excluding hydrogens is 194 g/mol. The van der Waals surface area contributed by atoms with E-state index in [1.807, 2.05) is 11.7 Å². The Balaban J connectivity index is 1.85. The molecular formula is C10H17N3S. The van der Waals surface area contributed by atoms with Gasteiger partial charge in [0.2, 0.25) is 0 Å². The minimum atomic E-state index is 0.700. The molecule has 1 aliphatic rings. The van der Waals surface area contributed by atoms with Gasteiger partial charge in [-0.3, -0.25) is 9.88 Å². The van der Waals surface area contributed by atoms with E-state index in [-0.39, 0.29) is 0 Å². The fourth-order valence-electron chi connectivity index (χ4n) is 1.90. The van der Waals surface area contributed by atoms with Gasteiger partial charge in [0.25, 0.3) is 0 Å². The topological polar surface area (TPSA) is 28.2 Å². The molecule has 1 fully saturated rings. The third-order valence-electron chi connectivity index (χ3n) is 2.78. The molecule has 0 saturated carbocycles. The van der Waals surface area contributed by atoms with Crippen molar-refractivity contribution in [2.75, 3.05) is 20.1 Å². The predicted molar refractivity (Wildman–Crippen MR) is 59.5 cm³/mol. The first kappa shape index (κ1) is 10.1. The van der Waals surface area contributed by atoms with Crippen molar-refractivity contribution in [3.63, 3.8) is 0 Å². The van der Waals surface area contributed by atoms with Gasteiger partial charge in [0.1, 0.15) is 0 Å². The molecule has 0 bridgehead atoms. The molecule has 1 N–H and O–H groups in total. The average molecular weight is 211 g/mol. The molecule has 0 aromatic carbocycles. The minimum absolute atomic E-state index is 0.700. The van der Waals surface area contributed by atoms with Crippen molar-refractivity contribution in [1.29, 1.82) is 0 Å². The highest BCUT2D eigenvalue weighted by Gasteiger charge is 2.17. The zero-order chi connectivity index (χ0) is 9.80. The van der Waals surface area contributed by atoms with E-state index in [0.29, 0.717) is 6.04 Å². The van der Waals surface area contributed by atoms with E-state index in [4.69, 9.17) is 0 Å². The lowest BCUT2D eigenvalue weighted by molar-refractivity contribution is 0.197. The van der Waals surface area contributed by atoms with Gasteiger partial charge in [-0.15, -0.1) is 11.3 Å². The number of rotatable bonds is 3. The van der Waals surface area contributed by atoms with Gasteiger partial charge >= 0.3 is 0 Å². The lowest BCUT2D eigenvalue weighted by Gasteiger charge is -2.31. The fourth-order valence-corrected chi connectivity index (χ4v) is 2.56. The summed E-state index contributed by atoms with van der Waals surface area (Å²) in [6, 6.07) is 0.700. The first-order valence-corrected chi connectivity index (χ1v) is 6.02. The lowest BCUT2D eigenvalue weighted by Crippen LogP contribution is -2.43. The number of thiazole rings is 1. The minimum Gasteiger partial charge on any atom is -0.315 e. The molecule has 1 aromatic rings. The molecule has 1 aromatic heterocycles. The van der Waals surface area contributed by atoms with E-state index in [2.05, 4.69) is 22.2 Å². The Morgan fingerprint density at radius 2 is 2.64 bits per heavy atom. The molecule has 78 valence electrons. The van der Waals surface area contributed by atoms with Crippen LogP contribution in [-0.4, -0.2) is 36.1 Å². The van der Waals surface area contributed by atoms with E-state index >= 15 is 0 Å². The second-order valence-corrected chi connectivity index (χ2v) is 4.85. The Bertz CT molecular complexity index is 254. The Hall–Kier alpha value is -0.450. The zero-order valence-electron chi connectivity index (χ0n) is 8.57.